The minimum absolute atomic E-state index is 0.0721. The number of aryl methyl sites for hydroxylation is 1. The molecule has 1 aliphatic rings. The third-order valence-electron chi connectivity index (χ3n) is 3.34. The van der Waals surface area contributed by atoms with Crippen molar-refractivity contribution in [3.8, 4) is 0 Å². The van der Waals surface area contributed by atoms with Crippen molar-refractivity contribution in [2.24, 2.45) is 5.73 Å². The molecule has 1 aromatic carbocycles. The summed E-state index contributed by atoms with van der Waals surface area (Å²) in [6, 6.07) is 5.61. The second-order valence-electron chi connectivity index (χ2n) is 5.34. The van der Waals surface area contributed by atoms with Gasteiger partial charge in [0.05, 0.1) is 12.6 Å². The van der Waals surface area contributed by atoms with Crippen LogP contribution in [0.3, 0.4) is 0 Å². The molecule has 1 aliphatic heterocycles. The van der Waals surface area contributed by atoms with Gasteiger partial charge in [-0.15, -0.1) is 0 Å². The lowest BCUT2D eigenvalue weighted by Crippen LogP contribution is -2.59. The van der Waals surface area contributed by atoms with Crippen molar-refractivity contribution in [2.75, 3.05) is 18.0 Å². The van der Waals surface area contributed by atoms with Crippen molar-refractivity contribution < 1.29 is 9.53 Å². The van der Waals surface area contributed by atoms with Gasteiger partial charge in [0.25, 0.3) is 5.91 Å². The van der Waals surface area contributed by atoms with E-state index >= 15 is 0 Å². The summed E-state index contributed by atoms with van der Waals surface area (Å²) in [5.74, 6) is -0.0721. The fourth-order valence-corrected chi connectivity index (χ4v) is 2.39. The summed E-state index contributed by atoms with van der Waals surface area (Å²) in [6.07, 6.45) is -0.159. The number of carbonyl (C=O) groups is 1. The van der Waals surface area contributed by atoms with Crippen molar-refractivity contribution in [2.45, 2.75) is 32.5 Å². The topological polar surface area (TPSA) is 55.6 Å². The molecule has 0 aromatic heterocycles. The van der Waals surface area contributed by atoms with Crippen molar-refractivity contribution >= 4 is 23.2 Å². The molecular formula is C14H19ClN2O2. The first-order chi connectivity index (χ1) is 8.85. The standard InChI is InChI=1S/C14H19ClN2O2/c1-9-4-5-10(6-12(9)15)17-8-11(7-16)19-14(2,3)13(17)18/h4-6,11H,7-8,16H2,1-3H3. The van der Waals surface area contributed by atoms with E-state index in [1.807, 2.05) is 25.1 Å². The van der Waals surface area contributed by atoms with Gasteiger partial charge in [0, 0.05) is 17.3 Å². The molecule has 0 spiro atoms. The maximum Gasteiger partial charge on any atom is 0.258 e. The Balaban J connectivity index is 2.35. The summed E-state index contributed by atoms with van der Waals surface area (Å²) >= 11 is 6.13. The van der Waals surface area contributed by atoms with E-state index in [1.54, 1.807) is 18.7 Å². The maximum atomic E-state index is 12.4. The Kier molecular flexibility index (Phi) is 3.85. The second-order valence-corrected chi connectivity index (χ2v) is 5.74. The van der Waals surface area contributed by atoms with E-state index in [9.17, 15) is 4.79 Å². The molecule has 0 bridgehead atoms. The molecule has 0 saturated carbocycles. The third kappa shape index (κ3) is 2.76. The number of halogens is 1. The van der Waals surface area contributed by atoms with Gasteiger partial charge in [-0.05, 0) is 38.5 Å². The van der Waals surface area contributed by atoms with Crippen molar-refractivity contribution in [1.82, 2.24) is 0 Å². The van der Waals surface area contributed by atoms with Crippen LogP contribution in [0.15, 0.2) is 18.2 Å². The average molecular weight is 283 g/mol. The molecule has 1 heterocycles. The van der Waals surface area contributed by atoms with Gasteiger partial charge in [-0.2, -0.15) is 0 Å². The molecule has 2 rings (SSSR count). The number of nitrogens with zero attached hydrogens (tertiary/aromatic N) is 1. The van der Waals surface area contributed by atoms with Crippen LogP contribution in [0, 0.1) is 6.92 Å². The largest absolute Gasteiger partial charge is 0.359 e. The normalized spacial score (nSPS) is 22.7. The van der Waals surface area contributed by atoms with E-state index in [4.69, 9.17) is 22.1 Å². The molecule has 1 amide bonds. The molecule has 0 aliphatic carbocycles. The van der Waals surface area contributed by atoms with Crippen LogP contribution in [0.1, 0.15) is 19.4 Å². The van der Waals surface area contributed by atoms with Crippen LogP contribution in [-0.4, -0.2) is 30.7 Å². The number of carbonyl (C=O) groups excluding carboxylic acids is 1. The number of nitrogens with two attached hydrogens (primary N) is 1. The van der Waals surface area contributed by atoms with Gasteiger partial charge in [-0.25, -0.2) is 0 Å². The van der Waals surface area contributed by atoms with E-state index in [-0.39, 0.29) is 12.0 Å². The Morgan fingerprint density at radius 1 is 1.53 bits per heavy atom. The lowest BCUT2D eigenvalue weighted by Gasteiger charge is -2.41. The summed E-state index contributed by atoms with van der Waals surface area (Å²) < 4.78 is 5.69. The summed E-state index contributed by atoms with van der Waals surface area (Å²) in [6.45, 7) is 6.30. The molecule has 1 atom stereocenters. The van der Waals surface area contributed by atoms with E-state index in [0.29, 0.717) is 18.1 Å². The van der Waals surface area contributed by atoms with Crippen molar-refractivity contribution in [1.29, 1.82) is 0 Å². The summed E-state index contributed by atoms with van der Waals surface area (Å²) in [5.41, 5.74) is 6.59. The number of morpholine rings is 1. The summed E-state index contributed by atoms with van der Waals surface area (Å²) in [4.78, 5) is 14.1. The number of ether oxygens (including phenoxy) is 1. The molecule has 0 radical (unpaired) electrons. The van der Waals surface area contributed by atoms with Crippen LogP contribution in [-0.2, 0) is 9.53 Å². The molecule has 4 nitrogen and oxygen atoms in total. The number of benzene rings is 1. The van der Waals surface area contributed by atoms with Gasteiger partial charge in [-0.3, -0.25) is 4.79 Å². The Morgan fingerprint density at radius 3 is 2.79 bits per heavy atom. The first-order valence-corrected chi connectivity index (χ1v) is 6.69. The first-order valence-electron chi connectivity index (χ1n) is 6.31. The SMILES string of the molecule is Cc1ccc(N2CC(CN)OC(C)(C)C2=O)cc1Cl. The Labute approximate surface area is 118 Å². The third-order valence-corrected chi connectivity index (χ3v) is 3.74. The molecule has 1 saturated heterocycles. The van der Waals surface area contributed by atoms with Gasteiger partial charge in [-0.1, -0.05) is 17.7 Å². The summed E-state index contributed by atoms with van der Waals surface area (Å²) in [5, 5.41) is 0.652. The van der Waals surface area contributed by atoms with E-state index in [0.717, 1.165) is 11.3 Å². The smallest absolute Gasteiger partial charge is 0.258 e. The fraction of sp³-hybridized carbons (Fsp3) is 0.500. The predicted molar refractivity (Wildman–Crippen MR) is 76.5 cm³/mol. The highest BCUT2D eigenvalue weighted by molar-refractivity contribution is 6.31. The maximum absolute atomic E-state index is 12.4. The fourth-order valence-electron chi connectivity index (χ4n) is 2.21. The Morgan fingerprint density at radius 2 is 2.21 bits per heavy atom. The van der Waals surface area contributed by atoms with Crippen LogP contribution in [0.4, 0.5) is 5.69 Å². The Hall–Kier alpha value is -1.10. The molecular weight excluding hydrogens is 264 g/mol. The van der Waals surface area contributed by atoms with Gasteiger partial charge in [0.1, 0.15) is 5.60 Å². The van der Waals surface area contributed by atoms with Crippen molar-refractivity contribution in [3.05, 3.63) is 28.8 Å². The van der Waals surface area contributed by atoms with Gasteiger partial charge in [0.15, 0.2) is 0 Å². The van der Waals surface area contributed by atoms with Crippen LogP contribution >= 0.6 is 11.6 Å². The second kappa shape index (κ2) is 5.12. The van der Waals surface area contributed by atoms with E-state index in [1.165, 1.54) is 0 Å². The monoisotopic (exact) mass is 282 g/mol. The number of rotatable bonds is 2. The van der Waals surface area contributed by atoms with Gasteiger partial charge >= 0.3 is 0 Å². The predicted octanol–water partition coefficient (Wildman–Crippen LogP) is 2.12. The number of hydrogen-bond acceptors (Lipinski definition) is 3. The summed E-state index contributed by atoms with van der Waals surface area (Å²) in [7, 11) is 0. The molecule has 1 fully saturated rings. The number of anilines is 1. The minimum atomic E-state index is -0.861. The lowest BCUT2D eigenvalue weighted by atomic mass is 10.0. The van der Waals surface area contributed by atoms with E-state index in [2.05, 4.69) is 0 Å². The van der Waals surface area contributed by atoms with Gasteiger partial charge < -0.3 is 15.4 Å². The highest BCUT2D eigenvalue weighted by atomic mass is 35.5. The first kappa shape index (κ1) is 14.3. The Bertz CT molecular complexity index is 502. The van der Waals surface area contributed by atoms with Crippen LogP contribution in [0.2, 0.25) is 5.02 Å². The number of amides is 1. The minimum Gasteiger partial charge on any atom is -0.359 e. The highest BCUT2D eigenvalue weighted by Crippen LogP contribution is 2.29. The van der Waals surface area contributed by atoms with E-state index < -0.39 is 5.60 Å². The zero-order valence-electron chi connectivity index (χ0n) is 11.4. The van der Waals surface area contributed by atoms with Gasteiger partial charge in [0.2, 0.25) is 0 Å². The highest BCUT2D eigenvalue weighted by Gasteiger charge is 2.41. The molecule has 1 aromatic rings. The average Bonchev–Trinajstić information content (AvgIpc) is 2.36. The van der Waals surface area contributed by atoms with Crippen LogP contribution < -0.4 is 10.6 Å². The molecule has 5 heteroatoms. The lowest BCUT2D eigenvalue weighted by molar-refractivity contribution is -0.153. The molecule has 2 N–H and O–H groups in total. The van der Waals surface area contributed by atoms with Crippen LogP contribution in [0.25, 0.3) is 0 Å². The molecule has 104 valence electrons. The van der Waals surface area contributed by atoms with Crippen molar-refractivity contribution in [3.63, 3.8) is 0 Å². The van der Waals surface area contributed by atoms with Crippen LogP contribution in [0.5, 0.6) is 0 Å². The molecule has 1 unspecified atom stereocenters. The zero-order valence-corrected chi connectivity index (χ0v) is 12.2. The number of hydrogen-bond donors (Lipinski definition) is 1. The quantitative estimate of drug-likeness (QED) is 0.904. The molecule has 19 heavy (non-hydrogen) atoms. The zero-order chi connectivity index (χ0) is 14.2.